The average molecular weight is 346 g/mol. The number of halogens is 1. The van der Waals surface area contributed by atoms with Gasteiger partial charge in [0.1, 0.15) is 7.85 Å². The fraction of sp³-hybridized carbons (Fsp3) is 0.125. The molecule has 0 aliphatic carbocycles. The average Bonchev–Trinajstić information content (AvgIpc) is 2.68. The Balaban J connectivity index is 2.54. The lowest BCUT2D eigenvalue weighted by atomic mass is 10.2. The molecule has 1 aromatic carbocycles. The molecule has 5 nitrogen and oxygen atoms in total. The lowest BCUT2D eigenvalue weighted by Gasteiger charge is -2.06. The molecule has 0 atom stereocenters. The molecule has 0 saturated carbocycles. The minimum Gasteiger partial charge on any atom is -0.244 e. The fourth-order valence-electron chi connectivity index (χ4n) is 1.29. The molecule has 0 aliphatic rings. The second-order valence-corrected chi connectivity index (χ2v) is 5.33. The summed E-state index contributed by atoms with van der Waals surface area (Å²) in [5.41, 5.74) is 1.43. The van der Waals surface area contributed by atoms with Crippen LogP contribution < -0.4 is 5.69 Å². The van der Waals surface area contributed by atoms with Crippen LogP contribution in [0.2, 0.25) is 0 Å². The number of rotatable bonds is 3. The van der Waals surface area contributed by atoms with Crippen molar-refractivity contribution in [2.24, 2.45) is 0 Å². The van der Waals surface area contributed by atoms with Gasteiger partial charge in [-0.05, 0) is 50.8 Å². The van der Waals surface area contributed by atoms with Crippen molar-refractivity contribution in [1.82, 2.24) is 20.2 Å². The molecule has 2 aromatic rings. The monoisotopic (exact) mass is 346 g/mol. The quantitative estimate of drug-likeness (QED) is 0.492. The van der Waals surface area contributed by atoms with Crippen molar-refractivity contribution in [2.45, 2.75) is 4.90 Å². The zero-order chi connectivity index (χ0) is 11.5. The summed E-state index contributed by atoms with van der Waals surface area (Å²) in [6, 6.07) is 5.80. The smallest absolute Gasteiger partial charge is 0.244 e. The minimum absolute atomic E-state index is 0.323. The van der Waals surface area contributed by atoms with E-state index in [0.29, 0.717) is 0 Å². The van der Waals surface area contributed by atoms with Crippen LogP contribution in [0.3, 0.4) is 0 Å². The molecule has 8 heteroatoms. The highest BCUT2D eigenvalue weighted by molar-refractivity contribution is 14.1. The predicted octanol–water partition coefficient (Wildman–Crippen LogP) is 0.243. The van der Waals surface area contributed by atoms with Crippen molar-refractivity contribution in [3.63, 3.8) is 0 Å². The summed E-state index contributed by atoms with van der Waals surface area (Å²) in [5, 5.41) is 9.49. The highest BCUT2D eigenvalue weighted by Crippen LogP contribution is 2.27. The molecule has 1 N–H and O–H groups in total. The van der Waals surface area contributed by atoms with Gasteiger partial charge in [-0.25, -0.2) is 9.89 Å². The zero-order valence-electron chi connectivity index (χ0n) is 8.48. The number of tetrazole rings is 1. The van der Waals surface area contributed by atoms with Crippen LogP contribution in [0.15, 0.2) is 27.9 Å². The number of H-pyrrole nitrogens is 1. The van der Waals surface area contributed by atoms with E-state index in [4.69, 9.17) is 0 Å². The molecule has 0 radical (unpaired) electrons. The van der Waals surface area contributed by atoms with Crippen LogP contribution in [0, 0.1) is 3.57 Å². The lowest BCUT2D eigenvalue weighted by molar-refractivity contribution is 0.774. The molecule has 16 heavy (non-hydrogen) atoms. The standard InChI is InChI=1S/C8H8BIN4OS/c9-4-16-6-3-1-2-5(7(6)10)14-8(15)11-12-13-14/h1-3H,4,9H2,(H,11,13,15). The van der Waals surface area contributed by atoms with Crippen molar-refractivity contribution < 1.29 is 0 Å². The number of aromatic amines is 1. The van der Waals surface area contributed by atoms with E-state index in [0.717, 1.165) is 19.8 Å². The van der Waals surface area contributed by atoms with Gasteiger partial charge >= 0.3 is 5.69 Å². The Morgan fingerprint density at radius 2 is 2.38 bits per heavy atom. The summed E-state index contributed by atoms with van der Waals surface area (Å²) in [6.07, 6.45) is 0. The van der Waals surface area contributed by atoms with Crippen LogP contribution in [0.25, 0.3) is 5.69 Å². The molecule has 2 rings (SSSR count). The van der Waals surface area contributed by atoms with Gasteiger partial charge in [-0.3, -0.25) is 0 Å². The molecule has 0 spiro atoms. The van der Waals surface area contributed by atoms with E-state index in [1.807, 2.05) is 18.2 Å². The highest BCUT2D eigenvalue weighted by atomic mass is 127. The summed E-state index contributed by atoms with van der Waals surface area (Å²) in [6.45, 7) is 0. The molecule has 0 saturated heterocycles. The number of thioether (sulfide) groups is 1. The van der Waals surface area contributed by atoms with Gasteiger partial charge in [-0.1, -0.05) is 6.07 Å². The van der Waals surface area contributed by atoms with E-state index in [1.165, 1.54) is 4.68 Å². The lowest BCUT2D eigenvalue weighted by Crippen LogP contribution is -2.17. The number of aromatic nitrogens is 4. The van der Waals surface area contributed by atoms with Gasteiger partial charge in [0.05, 0.1) is 9.26 Å². The summed E-state index contributed by atoms with van der Waals surface area (Å²) >= 11 is 3.96. The summed E-state index contributed by atoms with van der Waals surface area (Å²) < 4.78 is 2.28. The number of nitrogens with one attached hydrogen (secondary N) is 1. The molecule has 0 fully saturated rings. The first-order valence-corrected chi connectivity index (χ1v) is 6.72. The Morgan fingerprint density at radius 3 is 3.00 bits per heavy atom. The van der Waals surface area contributed by atoms with Crippen molar-refractivity contribution >= 4 is 42.2 Å². The van der Waals surface area contributed by atoms with Crippen LogP contribution in [0.1, 0.15) is 0 Å². The van der Waals surface area contributed by atoms with Crippen molar-refractivity contribution in [1.29, 1.82) is 0 Å². The van der Waals surface area contributed by atoms with Gasteiger partial charge in [0.25, 0.3) is 0 Å². The van der Waals surface area contributed by atoms with E-state index in [-0.39, 0.29) is 5.69 Å². The second-order valence-electron chi connectivity index (χ2n) is 2.94. The minimum atomic E-state index is -0.323. The summed E-state index contributed by atoms with van der Waals surface area (Å²) in [4.78, 5) is 12.6. The first-order valence-electron chi connectivity index (χ1n) is 4.66. The number of hydrogen-bond acceptors (Lipinski definition) is 4. The third-order valence-electron chi connectivity index (χ3n) is 1.94. The Labute approximate surface area is 111 Å². The van der Waals surface area contributed by atoms with Crippen LogP contribution in [-0.2, 0) is 0 Å². The molecule has 0 amide bonds. The zero-order valence-corrected chi connectivity index (χ0v) is 11.4. The SMILES string of the molecule is BCSc1cccc(-n2nn[nH]c2=O)c1I. The maximum absolute atomic E-state index is 11.4. The first kappa shape index (κ1) is 11.7. The van der Waals surface area contributed by atoms with Crippen molar-refractivity contribution in [2.75, 3.05) is 5.65 Å². The van der Waals surface area contributed by atoms with Gasteiger partial charge in [-0.15, -0.1) is 11.8 Å². The third-order valence-corrected chi connectivity index (χ3v) is 4.38. The molecule has 1 heterocycles. The normalized spacial score (nSPS) is 10.6. The molecule has 0 bridgehead atoms. The van der Waals surface area contributed by atoms with Crippen molar-refractivity contribution in [3.05, 3.63) is 32.3 Å². The Bertz CT molecular complexity index is 555. The van der Waals surface area contributed by atoms with Crippen LogP contribution >= 0.6 is 34.4 Å². The number of benzene rings is 1. The first-order chi connectivity index (χ1) is 7.74. The van der Waals surface area contributed by atoms with Gasteiger partial charge in [0.15, 0.2) is 0 Å². The Hall–Kier alpha value is -0.765. The van der Waals surface area contributed by atoms with E-state index in [2.05, 4.69) is 46.0 Å². The van der Waals surface area contributed by atoms with E-state index >= 15 is 0 Å². The Kier molecular flexibility index (Phi) is 3.69. The van der Waals surface area contributed by atoms with Gasteiger partial charge in [0.2, 0.25) is 0 Å². The fourth-order valence-corrected chi connectivity index (χ4v) is 3.06. The van der Waals surface area contributed by atoms with E-state index in [9.17, 15) is 4.79 Å². The summed E-state index contributed by atoms with van der Waals surface area (Å²) in [7, 11) is 2.09. The second kappa shape index (κ2) is 5.04. The van der Waals surface area contributed by atoms with E-state index in [1.54, 1.807) is 11.8 Å². The molecule has 82 valence electrons. The Morgan fingerprint density at radius 1 is 1.56 bits per heavy atom. The molecular formula is C8H8BIN4OS. The highest BCUT2D eigenvalue weighted by Gasteiger charge is 2.10. The van der Waals surface area contributed by atoms with Crippen LogP contribution in [0.5, 0.6) is 0 Å². The summed E-state index contributed by atoms with van der Waals surface area (Å²) in [5.74, 6) is 0. The number of nitrogens with zero attached hydrogens (tertiary/aromatic N) is 3. The van der Waals surface area contributed by atoms with Crippen LogP contribution in [-0.4, -0.2) is 33.7 Å². The molecular weight excluding hydrogens is 338 g/mol. The van der Waals surface area contributed by atoms with Gasteiger partial charge < -0.3 is 0 Å². The third kappa shape index (κ3) is 2.17. The van der Waals surface area contributed by atoms with Gasteiger partial charge in [0, 0.05) is 4.90 Å². The van der Waals surface area contributed by atoms with Gasteiger partial charge in [-0.2, -0.15) is 4.68 Å². The van der Waals surface area contributed by atoms with Crippen molar-refractivity contribution in [3.8, 4) is 5.69 Å². The molecule has 0 aliphatic heterocycles. The maximum Gasteiger partial charge on any atom is 0.365 e. The predicted molar refractivity (Wildman–Crippen MR) is 74.0 cm³/mol. The maximum atomic E-state index is 11.4. The molecule has 0 unspecified atom stereocenters. The largest absolute Gasteiger partial charge is 0.365 e. The topological polar surface area (TPSA) is 63.6 Å². The number of hydrogen-bond donors (Lipinski definition) is 1. The van der Waals surface area contributed by atoms with Crippen LogP contribution in [0.4, 0.5) is 0 Å². The van der Waals surface area contributed by atoms with E-state index < -0.39 is 0 Å². The molecule has 1 aromatic heterocycles.